The van der Waals surface area contributed by atoms with Crippen LogP contribution < -0.4 is 16.0 Å². The molecule has 0 saturated carbocycles. The van der Waals surface area contributed by atoms with Gasteiger partial charge in [-0.1, -0.05) is 23.7 Å². The molecule has 0 fully saturated rings. The molecule has 224 valence electrons. The molecule has 12 heteroatoms. The van der Waals surface area contributed by atoms with Crippen LogP contribution in [0, 0.1) is 11.6 Å². The van der Waals surface area contributed by atoms with Crippen LogP contribution in [0.2, 0.25) is 5.02 Å². The second kappa shape index (κ2) is 11.1. The first-order valence-electron chi connectivity index (χ1n) is 13.4. The Morgan fingerprint density at radius 3 is 2.45 bits per heavy atom. The highest BCUT2D eigenvalue weighted by Crippen LogP contribution is 2.41. The fraction of sp³-hybridized carbons (Fsp3) is 0.156. The molecule has 0 unspecified atom stereocenters. The van der Waals surface area contributed by atoms with Gasteiger partial charge in [0.15, 0.2) is 0 Å². The zero-order chi connectivity index (χ0) is 31.3. The van der Waals surface area contributed by atoms with Gasteiger partial charge in [0.1, 0.15) is 11.6 Å². The minimum absolute atomic E-state index is 0.0429. The van der Waals surface area contributed by atoms with Crippen molar-refractivity contribution in [3.05, 3.63) is 133 Å². The third-order valence-electron chi connectivity index (χ3n) is 7.56. The maximum absolute atomic E-state index is 14.2. The highest BCUT2D eigenvalue weighted by Gasteiger charge is 2.36. The van der Waals surface area contributed by atoms with E-state index in [9.17, 15) is 36.3 Å². The summed E-state index contributed by atoms with van der Waals surface area (Å²) < 4.78 is 68.4. The van der Waals surface area contributed by atoms with Crippen LogP contribution >= 0.6 is 11.6 Å². The molecule has 0 spiro atoms. The number of alkyl halides is 3. The van der Waals surface area contributed by atoms with Gasteiger partial charge in [-0.3, -0.25) is 14.4 Å². The van der Waals surface area contributed by atoms with Gasteiger partial charge in [0, 0.05) is 45.1 Å². The van der Waals surface area contributed by atoms with Crippen LogP contribution in [0.5, 0.6) is 0 Å². The van der Waals surface area contributed by atoms with E-state index in [4.69, 9.17) is 11.6 Å². The number of hydrogen-bond donors (Lipinski definition) is 3. The normalized spacial score (nSPS) is 15.7. The zero-order valence-electron chi connectivity index (χ0n) is 22.5. The average Bonchev–Trinajstić information content (AvgIpc) is 3.29. The zero-order valence-corrected chi connectivity index (χ0v) is 23.3. The molecule has 3 N–H and O–H groups in total. The van der Waals surface area contributed by atoms with Gasteiger partial charge >= 0.3 is 6.18 Å². The number of benzene rings is 4. The Morgan fingerprint density at radius 2 is 1.68 bits per heavy atom. The van der Waals surface area contributed by atoms with E-state index in [1.807, 2.05) is 6.07 Å². The molecular formula is C32H21ClF5N3O3. The van der Waals surface area contributed by atoms with Gasteiger partial charge in [-0.25, -0.2) is 8.78 Å². The summed E-state index contributed by atoms with van der Waals surface area (Å²) in [5.74, 6) is -3.67. The van der Waals surface area contributed by atoms with Gasteiger partial charge in [0.25, 0.3) is 17.7 Å². The Balaban J connectivity index is 1.44. The SMILES string of the molecule is O=C(Nc1cc(Cc2ccc3c(c2)CCNC3=O)cc2c1[C@H](c1cc(F)ccc1Cl)NC2=O)c1cc(F)cc(C(F)(F)F)c1. The molecule has 4 aromatic carbocycles. The van der Waals surface area contributed by atoms with Crippen molar-refractivity contribution in [3.8, 4) is 0 Å². The quantitative estimate of drug-likeness (QED) is 0.219. The summed E-state index contributed by atoms with van der Waals surface area (Å²) in [5.41, 5.74) is 1.42. The second-order valence-corrected chi connectivity index (χ2v) is 10.9. The molecule has 0 saturated heterocycles. The van der Waals surface area contributed by atoms with Gasteiger partial charge < -0.3 is 16.0 Å². The Hall–Kier alpha value is -4.77. The number of amides is 3. The number of nitrogens with one attached hydrogen (secondary N) is 3. The minimum Gasteiger partial charge on any atom is -0.352 e. The van der Waals surface area contributed by atoms with E-state index in [0.29, 0.717) is 36.2 Å². The van der Waals surface area contributed by atoms with E-state index in [1.54, 1.807) is 24.3 Å². The van der Waals surface area contributed by atoms with Gasteiger partial charge in [0.05, 0.1) is 11.6 Å². The van der Waals surface area contributed by atoms with Crippen molar-refractivity contribution in [1.29, 1.82) is 0 Å². The molecule has 3 amide bonds. The van der Waals surface area contributed by atoms with Crippen LogP contribution in [0.1, 0.15) is 70.5 Å². The Bertz CT molecular complexity index is 1880. The van der Waals surface area contributed by atoms with Crippen molar-refractivity contribution in [2.24, 2.45) is 0 Å². The van der Waals surface area contributed by atoms with Crippen molar-refractivity contribution in [3.63, 3.8) is 0 Å². The topological polar surface area (TPSA) is 87.3 Å². The lowest BCUT2D eigenvalue weighted by molar-refractivity contribution is -0.137. The monoisotopic (exact) mass is 625 g/mol. The highest BCUT2D eigenvalue weighted by atomic mass is 35.5. The number of carbonyl (C=O) groups excluding carboxylic acids is 3. The minimum atomic E-state index is -4.90. The van der Waals surface area contributed by atoms with Crippen LogP contribution in [0.25, 0.3) is 0 Å². The third kappa shape index (κ3) is 5.62. The van der Waals surface area contributed by atoms with E-state index in [1.165, 1.54) is 6.07 Å². The lowest BCUT2D eigenvalue weighted by Crippen LogP contribution is -2.31. The second-order valence-electron chi connectivity index (χ2n) is 10.5. The van der Waals surface area contributed by atoms with E-state index in [2.05, 4.69) is 16.0 Å². The van der Waals surface area contributed by atoms with Crippen molar-refractivity contribution in [2.45, 2.75) is 25.1 Å². The Labute approximate surface area is 252 Å². The maximum atomic E-state index is 14.2. The first kappa shape index (κ1) is 29.3. The van der Waals surface area contributed by atoms with Crippen molar-refractivity contribution < 1.29 is 36.3 Å². The standard InChI is InChI=1S/C32H21ClF5N3O3/c33-25-4-2-20(34)14-23(25)28-27-24(31(44)41-28)9-16(7-15-1-3-22-17(8-15)5-6-39-30(22)43)10-26(27)40-29(42)18-11-19(32(36,37)38)13-21(35)12-18/h1-4,8-14,28H,5-7H2,(H,39,43)(H,40,42)(H,41,44)/t28-/m0/s1. The van der Waals surface area contributed by atoms with Crippen LogP contribution in [0.4, 0.5) is 27.6 Å². The van der Waals surface area contributed by atoms with Crippen molar-refractivity contribution >= 4 is 35.0 Å². The molecule has 6 rings (SSSR count). The van der Waals surface area contributed by atoms with Gasteiger partial charge in [-0.05, 0) is 84.1 Å². The summed E-state index contributed by atoms with van der Waals surface area (Å²) in [4.78, 5) is 38.6. The summed E-state index contributed by atoms with van der Waals surface area (Å²) in [5, 5.41) is 8.19. The molecule has 0 aliphatic carbocycles. The van der Waals surface area contributed by atoms with E-state index >= 15 is 0 Å². The average molecular weight is 626 g/mol. The summed E-state index contributed by atoms with van der Waals surface area (Å²) in [6.45, 7) is 0.491. The maximum Gasteiger partial charge on any atom is 0.416 e. The lowest BCUT2D eigenvalue weighted by Gasteiger charge is -2.20. The Morgan fingerprint density at radius 1 is 0.886 bits per heavy atom. The summed E-state index contributed by atoms with van der Waals surface area (Å²) in [7, 11) is 0. The number of halogens is 6. The lowest BCUT2D eigenvalue weighted by atomic mass is 9.91. The molecule has 4 aromatic rings. The number of hydrogen-bond acceptors (Lipinski definition) is 3. The molecule has 6 nitrogen and oxygen atoms in total. The summed E-state index contributed by atoms with van der Waals surface area (Å²) in [6, 6.07) is 12.5. The first-order valence-corrected chi connectivity index (χ1v) is 13.8. The molecule has 2 aliphatic rings. The van der Waals surface area contributed by atoms with Gasteiger partial charge in [0.2, 0.25) is 0 Å². The largest absolute Gasteiger partial charge is 0.416 e. The predicted octanol–water partition coefficient (Wildman–Crippen LogP) is 6.60. The summed E-state index contributed by atoms with van der Waals surface area (Å²) >= 11 is 6.35. The molecular weight excluding hydrogens is 605 g/mol. The Kier molecular flexibility index (Phi) is 7.36. The molecule has 44 heavy (non-hydrogen) atoms. The predicted molar refractivity (Wildman–Crippen MR) is 152 cm³/mol. The van der Waals surface area contributed by atoms with Crippen LogP contribution in [-0.4, -0.2) is 24.3 Å². The van der Waals surface area contributed by atoms with Crippen LogP contribution in [0.3, 0.4) is 0 Å². The molecule has 2 aliphatic heterocycles. The molecule has 0 bridgehead atoms. The van der Waals surface area contributed by atoms with Gasteiger partial charge in [-0.15, -0.1) is 0 Å². The van der Waals surface area contributed by atoms with Crippen LogP contribution in [-0.2, 0) is 19.0 Å². The fourth-order valence-corrected chi connectivity index (χ4v) is 5.80. The van der Waals surface area contributed by atoms with Crippen molar-refractivity contribution in [1.82, 2.24) is 10.6 Å². The number of carbonyl (C=O) groups is 3. The first-order chi connectivity index (χ1) is 20.9. The van der Waals surface area contributed by atoms with Gasteiger partial charge in [-0.2, -0.15) is 13.2 Å². The third-order valence-corrected chi connectivity index (χ3v) is 7.90. The van der Waals surface area contributed by atoms with E-state index in [-0.39, 0.29) is 45.8 Å². The van der Waals surface area contributed by atoms with E-state index in [0.717, 1.165) is 23.3 Å². The molecule has 0 aromatic heterocycles. The van der Waals surface area contributed by atoms with Crippen molar-refractivity contribution in [2.75, 3.05) is 11.9 Å². The van der Waals surface area contributed by atoms with E-state index < -0.39 is 46.8 Å². The number of anilines is 1. The summed E-state index contributed by atoms with van der Waals surface area (Å²) in [6.07, 6.45) is -4.00. The number of fused-ring (bicyclic) bond motifs is 2. The highest BCUT2D eigenvalue weighted by molar-refractivity contribution is 6.31. The smallest absolute Gasteiger partial charge is 0.352 e. The molecule has 0 radical (unpaired) electrons. The van der Waals surface area contributed by atoms with Crippen LogP contribution in [0.15, 0.2) is 66.7 Å². The molecule has 2 heterocycles. The fourth-order valence-electron chi connectivity index (χ4n) is 5.57. The number of rotatable bonds is 5. The molecule has 1 atom stereocenters.